The normalized spacial score (nSPS) is 20.0. The van der Waals surface area contributed by atoms with Gasteiger partial charge in [0.05, 0.1) is 10.6 Å². The molecule has 8 heteroatoms. The Kier molecular flexibility index (Phi) is 5.62. The number of carbonyl (C=O) groups excluding carboxylic acids is 2. The summed E-state index contributed by atoms with van der Waals surface area (Å²) in [5.74, 6) is -0.111. The van der Waals surface area contributed by atoms with Gasteiger partial charge in [-0.3, -0.25) is 24.6 Å². The number of ether oxygens (including phenoxy) is 1. The molecule has 1 heterocycles. The van der Waals surface area contributed by atoms with Crippen molar-refractivity contribution < 1.29 is 19.2 Å². The zero-order chi connectivity index (χ0) is 19.6. The van der Waals surface area contributed by atoms with Crippen LogP contribution in [0.5, 0.6) is 5.75 Å². The van der Waals surface area contributed by atoms with Crippen molar-refractivity contribution in [3.63, 3.8) is 0 Å². The molecule has 2 amide bonds. The SMILES string of the molecule is CCC1Oc2ccc([N+](=O)[O-])cc2N(CC(=O)N(C)C2CCCCC2)C1=O. The zero-order valence-corrected chi connectivity index (χ0v) is 15.7. The average molecular weight is 375 g/mol. The third-order valence-corrected chi connectivity index (χ3v) is 5.43. The lowest BCUT2D eigenvalue weighted by atomic mass is 9.94. The van der Waals surface area contributed by atoms with Gasteiger partial charge >= 0.3 is 0 Å². The van der Waals surface area contributed by atoms with Crippen molar-refractivity contribution in [1.82, 2.24) is 4.90 Å². The van der Waals surface area contributed by atoms with Gasteiger partial charge in [0.1, 0.15) is 12.3 Å². The lowest BCUT2D eigenvalue weighted by Crippen LogP contribution is -2.51. The third-order valence-electron chi connectivity index (χ3n) is 5.43. The van der Waals surface area contributed by atoms with Crippen LogP contribution in [0.1, 0.15) is 45.4 Å². The molecule has 0 bridgehead atoms. The number of amides is 2. The summed E-state index contributed by atoms with van der Waals surface area (Å²) in [5, 5.41) is 11.1. The van der Waals surface area contributed by atoms with Gasteiger partial charge in [-0.2, -0.15) is 0 Å². The van der Waals surface area contributed by atoms with E-state index >= 15 is 0 Å². The monoisotopic (exact) mass is 375 g/mol. The Labute approximate surface area is 158 Å². The van der Waals surface area contributed by atoms with E-state index in [0.717, 1.165) is 25.7 Å². The third kappa shape index (κ3) is 3.89. The molecule has 8 nitrogen and oxygen atoms in total. The largest absolute Gasteiger partial charge is 0.478 e. The molecule has 0 saturated heterocycles. The van der Waals surface area contributed by atoms with Crippen molar-refractivity contribution in [2.75, 3.05) is 18.5 Å². The van der Waals surface area contributed by atoms with E-state index in [-0.39, 0.29) is 35.8 Å². The van der Waals surface area contributed by atoms with Crippen LogP contribution in [0, 0.1) is 10.1 Å². The van der Waals surface area contributed by atoms with Crippen LogP contribution < -0.4 is 9.64 Å². The van der Waals surface area contributed by atoms with Gasteiger partial charge in [0, 0.05) is 25.2 Å². The fourth-order valence-electron chi connectivity index (χ4n) is 3.77. The van der Waals surface area contributed by atoms with Crippen molar-refractivity contribution >= 4 is 23.2 Å². The molecular weight excluding hydrogens is 350 g/mol. The molecule has 1 aliphatic heterocycles. The number of hydrogen-bond acceptors (Lipinski definition) is 5. The van der Waals surface area contributed by atoms with E-state index < -0.39 is 11.0 Å². The predicted octanol–water partition coefficient (Wildman–Crippen LogP) is 2.89. The van der Waals surface area contributed by atoms with Gasteiger partial charge in [0.2, 0.25) is 5.91 Å². The van der Waals surface area contributed by atoms with Gasteiger partial charge in [-0.1, -0.05) is 26.2 Å². The summed E-state index contributed by atoms with van der Waals surface area (Å²) >= 11 is 0. The number of non-ortho nitro benzene ring substituents is 1. The second-order valence-electron chi connectivity index (χ2n) is 7.14. The highest BCUT2D eigenvalue weighted by Gasteiger charge is 2.36. The molecule has 1 aliphatic carbocycles. The predicted molar refractivity (Wildman–Crippen MR) is 99.8 cm³/mol. The minimum atomic E-state index is -0.688. The van der Waals surface area contributed by atoms with Crippen LogP contribution in [0.4, 0.5) is 11.4 Å². The molecule has 1 fully saturated rings. The van der Waals surface area contributed by atoms with Gasteiger partial charge in [-0.15, -0.1) is 0 Å². The van der Waals surface area contributed by atoms with Crippen LogP contribution in [0.2, 0.25) is 0 Å². The first-order valence-corrected chi connectivity index (χ1v) is 9.44. The highest BCUT2D eigenvalue weighted by molar-refractivity contribution is 6.04. The van der Waals surface area contributed by atoms with E-state index in [1.54, 1.807) is 11.9 Å². The van der Waals surface area contributed by atoms with E-state index in [1.165, 1.54) is 29.5 Å². The first-order chi connectivity index (χ1) is 12.9. The number of rotatable bonds is 5. The van der Waals surface area contributed by atoms with Crippen molar-refractivity contribution in [3.05, 3.63) is 28.3 Å². The number of nitrogens with zero attached hydrogens (tertiary/aromatic N) is 3. The molecule has 0 spiro atoms. The molecular formula is C19H25N3O5. The molecule has 1 aromatic carbocycles. The van der Waals surface area contributed by atoms with Crippen molar-refractivity contribution in [1.29, 1.82) is 0 Å². The number of carbonyl (C=O) groups is 2. The summed E-state index contributed by atoms with van der Waals surface area (Å²) in [4.78, 5) is 39.3. The molecule has 0 N–H and O–H groups in total. The minimum Gasteiger partial charge on any atom is -0.478 e. The fraction of sp³-hybridized carbons (Fsp3) is 0.579. The zero-order valence-electron chi connectivity index (χ0n) is 15.7. The summed E-state index contributed by atoms with van der Waals surface area (Å²) in [6.45, 7) is 1.69. The molecule has 146 valence electrons. The number of benzene rings is 1. The molecule has 2 aliphatic rings. The maximum absolute atomic E-state index is 12.8. The Morgan fingerprint density at radius 1 is 1.33 bits per heavy atom. The van der Waals surface area contributed by atoms with E-state index in [0.29, 0.717) is 12.2 Å². The van der Waals surface area contributed by atoms with E-state index in [9.17, 15) is 19.7 Å². The number of nitro benzene ring substituents is 1. The van der Waals surface area contributed by atoms with Crippen LogP contribution in [-0.4, -0.2) is 47.4 Å². The molecule has 1 atom stereocenters. The molecule has 0 radical (unpaired) electrons. The van der Waals surface area contributed by atoms with Gasteiger partial charge in [-0.05, 0) is 25.3 Å². The van der Waals surface area contributed by atoms with Crippen molar-refractivity contribution in [2.24, 2.45) is 0 Å². The topological polar surface area (TPSA) is 93.0 Å². The Hall–Kier alpha value is -2.64. The maximum atomic E-state index is 12.8. The summed E-state index contributed by atoms with van der Waals surface area (Å²) in [7, 11) is 1.77. The number of likely N-dealkylation sites (N-methyl/N-ethyl adjacent to an activating group) is 1. The molecule has 0 aromatic heterocycles. The van der Waals surface area contributed by atoms with Crippen molar-refractivity contribution in [3.8, 4) is 5.75 Å². The Morgan fingerprint density at radius 2 is 2.04 bits per heavy atom. The standard InChI is InChI=1S/C19H25N3O5/c1-3-16-19(24)21(12-18(23)20(2)13-7-5-4-6-8-13)15-11-14(22(25)26)9-10-17(15)27-16/h9-11,13,16H,3-8,12H2,1-2H3. The van der Waals surface area contributed by atoms with E-state index in [4.69, 9.17) is 4.74 Å². The highest BCUT2D eigenvalue weighted by Crippen LogP contribution is 2.37. The molecule has 1 aromatic rings. The highest BCUT2D eigenvalue weighted by atomic mass is 16.6. The van der Waals surface area contributed by atoms with Crippen LogP contribution in [0.15, 0.2) is 18.2 Å². The van der Waals surface area contributed by atoms with Crippen LogP contribution in [0.25, 0.3) is 0 Å². The molecule has 1 saturated carbocycles. The van der Waals surface area contributed by atoms with E-state index in [1.807, 2.05) is 6.92 Å². The second kappa shape index (κ2) is 7.94. The number of hydrogen-bond donors (Lipinski definition) is 0. The first-order valence-electron chi connectivity index (χ1n) is 9.44. The lowest BCUT2D eigenvalue weighted by Gasteiger charge is -2.36. The summed E-state index contributed by atoms with van der Waals surface area (Å²) < 4.78 is 5.68. The quantitative estimate of drug-likeness (QED) is 0.583. The van der Waals surface area contributed by atoms with Crippen LogP contribution in [-0.2, 0) is 9.59 Å². The Morgan fingerprint density at radius 3 is 2.67 bits per heavy atom. The Balaban J connectivity index is 1.86. The number of anilines is 1. The molecule has 3 rings (SSSR count). The van der Waals surface area contributed by atoms with Gasteiger partial charge < -0.3 is 9.64 Å². The van der Waals surface area contributed by atoms with Gasteiger partial charge in [0.25, 0.3) is 11.6 Å². The molecule has 27 heavy (non-hydrogen) atoms. The average Bonchev–Trinajstić information content (AvgIpc) is 2.69. The van der Waals surface area contributed by atoms with Crippen LogP contribution >= 0.6 is 0 Å². The van der Waals surface area contributed by atoms with E-state index in [2.05, 4.69) is 0 Å². The second-order valence-corrected chi connectivity index (χ2v) is 7.14. The van der Waals surface area contributed by atoms with Crippen LogP contribution in [0.3, 0.4) is 0 Å². The smallest absolute Gasteiger partial charge is 0.271 e. The first kappa shape index (κ1) is 19.1. The van der Waals surface area contributed by atoms with Crippen molar-refractivity contribution in [2.45, 2.75) is 57.6 Å². The number of fused-ring (bicyclic) bond motifs is 1. The fourth-order valence-corrected chi connectivity index (χ4v) is 3.77. The minimum absolute atomic E-state index is 0.139. The summed E-state index contributed by atoms with van der Waals surface area (Å²) in [6, 6.07) is 4.32. The number of nitro groups is 1. The Bertz CT molecular complexity index is 745. The molecule has 1 unspecified atom stereocenters. The summed E-state index contributed by atoms with van der Waals surface area (Å²) in [5.41, 5.74) is 0.141. The lowest BCUT2D eigenvalue weighted by molar-refractivity contribution is -0.384. The maximum Gasteiger partial charge on any atom is 0.271 e. The van der Waals surface area contributed by atoms with Gasteiger partial charge in [-0.25, -0.2) is 0 Å². The van der Waals surface area contributed by atoms with Gasteiger partial charge in [0.15, 0.2) is 6.10 Å². The summed E-state index contributed by atoms with van der Waals surface area (Å²) in [6.07, 6.45) is 5.11.